The molecule has 1 aliphatic heterocycles. The van der Waals surface area contributed by atoms with Gasteiger partial charge in [-0.2, -0.15) is 0 Å². The molecule has 1 aromatic carbocycles. The van der Waals surface area contributed by atoms with Crippen LogP contribution in [0.25, 0.3) is 10.9 Å². The predicted octanol–water partition coefficient (Wildman–Crippen LogP) is 1.97. The first-order valence-electron chi connectivity index (χ1n) is 9.01. The van der Waals surface area contributed by atoms with Gasteiger partial charge < -0.3 is 25.0 Å². The van der Waals surface area contributed by atoms with Crippen LogP contribution in [0, 0.1) is 0 Å². The maximum absolute atomic E-state index is 12.7. The number of nitrogens with two attached hydrogens (primary N) is 1. The number of hydrogen-bond acceptors (Lipinski definition) is 5. The van der Waals surface area contributed by atoms with E-state index in [1.165, 1.54) is 6.20 Å². The molecule has 1 aromatic heterocycles. The van der Waals surface area contributed by atoms with Crippen LogP contribution in [-0.4, -0.2) is 41.9 Å². The number of ether oxygens (including phenoxy) is 1. The Morgan fingerprint density at radius 2 is 2.08 bits per heavy atom. The molecule has 2 aromatic rings. The topological polar surface area (TPSA) is 97.8 Å². The van der Waals surface area contributed by atoms with Gasteiger partial charge in [0, 0.05) is 31.4 Å². The number of aromatic carboxylic acids is 1. The molecule has 2 heterocycles. The van der Waals surface area contributed by atoms with Crippen molar-refractivity contribution >= 4 is 22.6 Å². The lowest BCUT2D eigenvalue weighted by molar-refractivity contribution is 0.0695. The quantitative estimate of drug-likeness (QED) is 0.868. The summed E-state index contributed by atoms with van der Waals surface area (Å²) < 4.78 is 7.64. The number of benzene rings is 1. The van der Waals surface area contributed by atoms with E-state index in [-0.39, 0.29) is 17.6 Å². The van der Waals surface area contributed by atoms with Gasteiger partial charge in [-0.25, -0.2) is 4.79 Å². The van der Waals surface area contributed by atoms with E-state index >= 15 is 0 Å². The summed E-state index contributed by atoms with van der Waals surface area (Å²) in [5.74, 6) is -0.575. The summed E-state index contributed by atoms with van der Waals surface area (Å²) in [6, 6.07) is 3.90. The molecule has 0 spiro atoms. The maximum atomic E-state index is 12.7. The van der Waals surface area contributed by atoms with Gasteiger partial charge in [-0.3, -0.25) is 4.79 Å². The Morgan fingerprint density at radius 1 is 1.31 bits per heavy atom. The van der Waals surface area contributed by atoms with Crippen molar-refractivity contribution in [1.82, 2.24) is 4.57 Å². The second-order valence-electron chi connectivity index (χ2n) is 7.18. The van der Waals surface area contributed by atoms with Crippen LogP contribution in [0.2, 0.25) is 0 Å². The fourth-order valence-electron chi connectivity index (χ4n) is 3.88. The zero-order valence-corrected chi connectivity index (χ0v) is 14.8. The fourth-order valence-corrected chi connectivity index (χ4v) is 3.88. The third kappa shape index (κ3) is 2.72. The standard InChI is InChI=1S/C19H23N3O4/c1-26-18-15(21-8-2-3-11(20)9-21)7-6-13-16(18)22(12-4-5-12)10-14(17(13)23)19(24)25/h6-7,10-12H,2-5,8-9,20H2,1H3,(H,24,25)/t11-/m1/s1. The Labute approximate surface area is 151 Å². The van der Waals surface area contributed by atoms with E-state index in [2.05, 4.69) is 4.90 Å². The third-order valence-electron chi connectivity index (χ3n) is 5.30. The number of hydrogen-bond donors (Lipinski definition) is 2. The summed E-state index contributed by atoms with van der Waals surface area (Å²) in [5.41, 5.74) is 7.06. The van der Waals surface area contributed by atoms with Crippen LogP contribution in [0.15, 0.2) is 23.1 Å². The number of methoxy groups -OCH3 is 1. The lowest BCUT2D eigenvalue weighted by Crippen LogP contribution is -2.43. The molecule has 0 radical (unpaired) electrons. The molecule has 0 bridgehead atoms. The molecule has 1 atom stereocenters. The lowest BCUT2D eigenvalue weighted by atomic mass is 10.0. The van der Waals surface area contributed by atoms with Gasteiger partial charge in [-0.15, -0.1) is 0 Å². The van der Waals surface area contributed by atoms with Crippen LogP contribution >= 0.6 is 0 Å². The number of rotatable bonds is 4. The van der Waals surface area contributed by atoms with Gasteiger partial charge in [-0.1, -0.05) is 0 Å². The molecule has 7 heteroatoms. The van der Waals surface area contributed by atoms with Crippen molar-refractivity contribution in [3.05, 3.63) is 34.1 Å². The van der Waals surface area contributed by atoms with Crippen molar-refractivity contribution < 1.29 is 14.6 Å². The average molecular weight is 357 g/mol. The predicted molar refractivity (Wildman–Crippen MR) is 99.4 cm³/mol. The van der Waals surface area contributed by atoms with Gasteiger partial charge >= 0.3 is 5.97 Å². The van der Waals surface area contributed by atoms with Gasteiger partial charge in [0.05, 0.1) is 23.7 Å². The summed E-state index contributed by atoms with van der Waals surface area (Å²) in [7, 11) is 1.59. The highest BCUT2D eigenvalue weighted by atomic mass is 16.5. The maximum Gasteiger partial charge on any atom is 0.341 e. The van der Waals surface area contributed by atoms with E-state index in [9.17, 15) is 14.7 Å². The molecule has 1 saturated carbocycles. The fraction of sp³-hybridized carbons (Fsp3) is 0.474. The minimum Gasteiger partial charge on any atom is -0.492 e. The van der Waals surface area contributed by atoms with Crippen molar-refractivity contribution in [2.45, 2.75) is 37.8 Å². The number of fused-ring (bicyclic) bond motifs is 1. The van der Waals surface area contributed by atoms with Crippen molar-refractivity contribution in [3.63, 3.8) is 0 Å². The van der Waals surface area contributed by atoms with E-state index in [1.54, 1.807) is 13.2 Å². The molecule has 1 aliphatic carbocycles. The monoisotopic (exact) mass is 357 g/mol. The number of carboxylic acids is 1. The molecule has 4 rings (SSSR count). The SMILES string of the molecule is COc1c(N2CCC[C@@H](N)C2)ccc2c(=O)c(C(=O)O)cn(C3CC3)c12. The molecule has 3 N–H and O–H groups in total. The number of piperidine rings is 1. The number of nitrogens with zero attached hydrogens (tertiary/aromatic N) is 2. The lowest BCUT2D eigenvalue weighted by Gasteiger charge is -2.34. The van der Waals surface area contributed by atoms with Gasteiger partial charge in [0.15, 0.2) is 5.75 Å². The molecule has 2 fully saturated rings. The van der Waals surface area contributed by atoms with E-state index < -0.39 is 11.4 Å². The number of carboxylic acid groups (broad SMARTS) is 1. The van der Waals surface area contributed by atoms with E-state index in [0.29, 0.717) is 16.7 Å². The normalized spacial score (nSPS) is 20.4. The van der Waals surface area contributed by atoms with Crippen LogP contribution in [0.4, 0.5) is 5.69 Å². The average Bonchev–Trinajstić information content (AvgIpc) is 3.46. The highest BCUT2D eigenvalue weighted by Gasteiger charge is 2.30. The third-order valence-corrected chi connectivity index (χ3v) is 5.30. The zero-order chi connectivity index (χ0) is 18.4. The first-order chi connectivity index (χ1) is 12.5. The second kappa shape index (κ2) is 6.32. The Hall–Kier alpha value is -2.54. The smallest absolute Gasteiger partial charge is 0.341 e. The van der Waals surface area contributed by atoms with Crippen molar-refractivity contribution in [2.24, 2.45) is 5.73 Å². The highest BCUT2D eigenvalue weighted by molar-refractivity contribution is 5.97. The van der Waals surface area contributed by atoms with Crippen LogP contribution < -0.4 is 20.8 Å². The number of pyridine rings is 1. The number of aromatic nitrogens is 1. The molecule has 1 saturated heterocycles. The summed E-state index contributed by atoms with van der Waals surface area (Å²) >= 11 is 0. The Morgan fingerprint density at radius 3 is 2.69 bits per heavy atom. The van der Waals surface area contributed by atoms with Crippen molar-refractivity contribution in [3.8, 4) is 5.75 Å². The van der Waals surface area contributed by atoms with Crippen molar-refractivity contribution in [1.29, 1.82) is 0 Å². The summed E-state index contributed by atoms with van der Waals surface area (Å²) in [5, 5.41) is 9.79. The molecule has 0 amide bonds. The van der Waals surface area contributed by atoms with Crippen LogP contribution in [0.3, 0.4) is 0 Å². The molecule has 0 unspecified atom stereocenters. The van der Waals surface area contributed by atoms with Crippen LogP contribution in [0.5, 0.6) is 5.75 Å². The summed E-state index contributed by atoms with van der Waals surface area (Å²) in [6.45, 7) is 1.62. The zero-order valence-electron chi connectivity index (χ0n) is 14.8. The molecule has 138 valence electrons. The summed E-state index contributed by atoms with van der Waals surface area (Å²) in [6.07, 6.45) is 5.42. The molecule has 26 heavy (non-hydrogen) atoms. The first kappa shape index (κ1) is 16.9. The van der Waals surface area contributed by atoms with Crippen molar-refractivity contribution in [2.75, 3.05) is 25.1 Å². The largest absolute Gasteiger partial charge is 0.492 e. The second-order valence-corrected chi connectivity index (χ2v) is 7.18. The molecule has 7 nitrogen and oxygen atoms in total. The minimum atomic E-state index is -1.20. The van der Waals surface area contributed by atoms with Crippen LogP contribution in [-0.2, 0) is 0 Å². The Balaban J connectivity index is 1.97. The highest BCUT2D eigenvalue weighted by Crippen LogP contribution is 2.42. The van der Waals surface area contributed by atoms with E-state index in [4.69, 9.17) is 10.5 Å². The Bertz CT molecular complexity index is 933. The van der Waals surface area contributed by atoms with Gasteiger partial charge in [0.1, 0.15) is 5.56 Å². The van der Waals surface area contributed by atoms with Gasteiger partial charge in [0.25, 0.3) is 0 Å². The molecule has 2 aliphatic rings. The Kier molecular flexibility index (Phi) is 4.11. The number of carbonyl (C=O) groups is 1. The first-order valence-corrected chi connectivity index (χ1v) is 9.01. The van der Waals surface area contributed by atoms with Gasteiger partial charge in [0.2, 0.25) is 5.43 Å². The molecular formula is C19H23N3O4. The summed E-state index contributed by atoms with van der Waals surface area (Å²) in [4.78, 5) is 26.4. The van der Waals surface area contributed by atoms with E-state index in [0.717, 1.165) is 44.5 Å². The number of anilines is 1. The van der Waals surface area contributed by atoms with Crippen LogP contribution in [0.1, 0.15) is 42.1 Å². The van der Waals surface area contributed by atoms with E-state index in [1.807, 2.05) is 10.6 Å². The molecular weight excluding hydrogens is 334 g/mol. The van der Waals surface area contributed by atoms with Gasteiger partial charge in [-0.05, 0) is 37.8 Å². The minimum absolute atomic E-state index is 0.115.